The smallest absolute Gasteiger partial charge is 0.264 e. The summed E-state index contributed by atoms with van der Waals surface area (Å²) < 4.78 is 47.3. The number of methoxy groups -OCH3 is 2. The Bertz CT molecular complexity index is 1530. The van der Waals surface area contributed by atoms with E-state index in [0.29, 0.717) is 30.6 Å². The zero-order chi connectivity index (χ0) is 31.1. The van der Waals surface area contributed by atoms with E-state index in [4.69, 9.17) is 25.8 Å². The van der Waals surface area contributed by atoms with E-state index < -0.39 is 21.2 Å². The molecule has 2 aromatic carbocycles. The van der Waals surface area contributed by atoms with E-state index in [1.54, 1.807) is 19.2 Å². The summed E-state index contributed by atoms with van der Waals surface area (Å²) in [5.74, 6) is 0.505. The summed E-state index contributed by atoms with van der Waals surface area (Å²) in [7, 11) is -0.808. The maximum Gasteiger partial charge on any atom is 0.264 e. The predicted molar refractivity (Wildman–Crippen MR) is 172 cm³/mol. The second-order valence-electron chi connectivity index (χ2n) is 13.1. The number of hydrogen-bond donors (Lipinski definition) is 1. The van der Waals surface area contributed by atoms with Crippen LogP contribution in [0, 0.1) is 17.8 Å². The van der Waals surface area contributed by atoms with Crippen LogP contribution in [0.3, 0.4) is 0 Å². The fourth-order valence-corrected chi connectivity index (χ4v) is 9.52. The van der Waals surface area contributed by atoms with Gasteiger partial charge in [-0.05, 0) is 97.7 Å². The number of rotatable bonds is 3. The molecule has 2 aliphatic heterocycles. The van der Waals surface area contributed by atoms with E-state index in [0.717, 1.165) is 55.9 Å². The van der Waals surface area contributed by atoms with Gasteiger partial charge in [-0.2, -0.15) is 0 Å². The van der Waals surface area contributed by atoms with Gasteiger partial charge in [-0.25, -0.2) is 13.1 Å². The van der Waals surface area contributed by atoms with Crippen molar-refractivity contribution >= 4 is 33.2 Å². The Morgan fingerprint density at radius 1 is 1.16 bits per heavy atom. The van der Waals surface area contributed by atoms with Crippen molar-refractivity contribution in [3.05, 3.63) is 70.3 Å². The first-order valence-electron chi connectivity index (χ1n) is 15.7. The number of amides is 1. The second-order valence-corrected chi connectivity index (χ2v) is 15.4. The molecule has 0 radical (unpaired) electrons. The minimum Gasteiger partial charge on any atom is -0.490 e. The molecule has 1 N–H and O–H groups in total. The lowest BCUT2D eigenvalue weighted by Gasteiger charge is -2.46. The van der Waals surface area contributed by atoms with Crippen LogP contribution in [0.4, 0.5) is 5.69 Å². The first kappa shape index (κ1) is 31.4. The molecule has 1 saturated carbocycles. The van der Waals surface area contributed by atoms with Gasteiger partial charge in [0, 0.05) is 43.3 Å². The largest absolute Gasteiger partial charge is 0.490 e. The van der Waals surface area contributed by atoms with Crippen molar-refractivity contribution in [3.8, 4) is 5.75 Å². The number of ether oxygens (including phenoxy) is 3. The fourth-order valence-electron chi connectivity index (χ4n) is 7.76. The van der Waals surface area contributed by atoms with Crippen LogP contribution in [-0.4, -0.2) is 66.2 Å². The van der Waals surface area contributed by atoms with Gasteiger partial charge in [-0.1, -0.05) is 36.7 Å². The molecule has 238 valence electrons. The third-order valence-corrected chi connectivity index (χ3v) is 12.5. The molecule has 6 atom stereocenters. The number of carbonyl (C=O) groups excluding carboxylic acids is 1. The molecule has 10 heteroatoms. The van der Waals surface area contributed by atoms with Gasteiger partial charge in [0.1, 0.15) is 11.0 Å². The number of fused-ring (bicyclic) bond motifs is 4. The number of hydrogen-bond acceptors (Lipinski definition) is 7. The number of anilines is 1. The van der Waals surface area contributed by atoms with Crippen molar-refractivity contribution in [3.63, 3.8) is 0 Å². The van der Waals surface area contributed by atoms with Crippen molar-refractivity contribution in [2.75, 3.05) is 45.4 Å². The summed E-state index contributed by atoms with van der Waals surface area (Å²) in [5, 5.41) is -0.154. The molecule has 0 saturated heterocycles. The summed E-state index contributed by atoms with van der Waals surface area (Å²) in [6.07, 6.45) is 9.74. The third-order valence-electron chi connectivity index (χ3n) is 10.4. The molecule has 44 heavy (non-hydrogen) atoms. The van der Waals surface area contributed by atoms with Gasteiger partial charge < -0.3 is 19.1 Å². The highest BCUT2D eigenvalue weighted by Crippen LogP contribution is 2.47. The van der Waals surface area contributed by atoms with Gasteiger partial charge in [0.25, 0.3) is 5.91 Å². The first-order valence-corrected chi connectivity index (χ1v) is 17.6. The van der Waals surface area contributed by atoms with Crippen LogP contribution in [0.1, 0.15) is 60.5 Å². The molecule has 8 nitrogen and oxygen atoms in total. The molecule has 2 heterocycles. The minimum atomic E-state index is -4.03. The number of sulfonamides is 1. The Labute approximate surface area is 266 Å². The van der Waals surface area contributed by atoms with Gasteiger partial charge >= 0.3 is 0 Å². The van der Waals surface area contributed by atoms with Gasteiger partial charge in [0.05, 0.1) is 25.0 Å². The average Bonchev–Trinajstić information content (AvgIpc) is 3.13. The SMILES string of the molecule is COC[C@@H]1[C@@H](C)C/C=C/[C@H](OC)[C@@H]2CC[C@H]2CN2C[C@@]3(CCCc4cc(Cl)ccc43)COc3ccc(cc32)C(=O)NS1(=O)=O. The molecule has 1 spiro atoms. The van der Waals surface area contributed by atoms with E-state index in [1.165, 1.54) is 18.2 Å². The standard InChI is InChI=1S/C34H43ClN2O6S/c1-22-6-4-8-30(42-3)27-12-9-25(27)18-37-20-34(15-5-7-23-16-26(35)11-13-28(23)34)21-43-31-14-10-24(17-29(31)37)33(38)36-44(39,40)32(22)19-41-2/h4,8,10-11,13-14,16-17,22,25,27,30,32H,5-7,9,12,15,18-21H2,1-3H3,(H,36,38)/b8-4+/t22-,25-,27+,30-,32+,34-/m0/s1. The van der Waals surface area contributed by atoms with Crippen LogP contribution < -0.4 is 14.4 Å². The summed E-state index contributed by atoms with van der Waals surface area (Å²) >= 11 is 6.41. The molecule has 2 bridgehead atoms. The lowest BCUT2D eigenvalue weighted by molar-refractivity contribution is 0.0131. The lowest BCUT2D eigenvalue weighted by atomic mass is 9.68. The van der Waals surface area contributed by atoms with Gasteiger partial charge in [0.15, 0.2) is 0 Å². The van der Waals surface area contributed by atoms with E-state index in [1.807, 2.05) is 25.1 Å². The highest BCUT2D eigenvalue weighted by Gasteiger charge is 2.44. The van der Waals surface area contributed by atoms with Crippen LogP contribution in [0.5, 0.6) is 5.75 Å². The van der Waals surface area contributed by atoms with E-state index in [2.05, 4.69) is 27.8 Å². The van der Waals surface area contributed by atoms with Crippen LogP contribution in [0.15, 0.2) is 48.6 Å². The van der Waals surface area contributed by atoms with E-state index >= 15 is 0 Å². The molecule has 0 unspecified atom stereocenters. The number of nitrogens with one attached hydrogen (secondary N) is 1. The van der Waals surface area contributed by atoms with Crippen molar-refractivity contribution in [2.24, 2.45) is 17.8 Å². The van der Waals surface area contributed by atoms with Gasteiger partial charge in [-0.3, -0.25) is 4.79 Å². The normalized spacial score (nSPS) is 32.3. The van der Waals surface area contributed by atoms with Crippen LogP contribution in [0.25, 0.3) is 0 Å². The number of carbonyl (C=O) groups is 1. The fraction of sp³-hybridized carbons (Fsp3) is 0.559. The maximum atomic E-state index is 13.5. The predicted octanol–water partition coefficient (Wildman–Crippen LogP) is 5.52. The van der Waals surface area contributed by atoms with E-state index in [9.17, 15) is 13.2 Å². The maximum absolute atomic E-state index is 13.5. The van der Waals surface area contributed by atoms with E-state index in [-0.39, 0.29) is 29.6 Å². The van der Waals surface area contributed by atoms with Crippen LogP contribution >= 0.6 is 11.6 Å². The molecule has 6 rings (SSSR count). The summed E-state index contributed by atoms with van der Waals surface area (Å²) in [6.45, 7) is 3.88. The number of nitrogens with zero attached hydrogens (tertiary/aromatic N) is 1. The van der Waals surface area contributed by atoms with Crippen molar-refractivity contribution in [2.45, 2.75) is 62.2 Å². The topological polar surface area (TPSA) is 94.2 Å². The summed E-state index contributed by atoms with van der Waals surface area (Å²) in [6, 6.07) is 11.5. The molecule has 0 aromatic heterocycles. The quantitative estimate of drug-likeness (QED) is 0.441. The third kappa shape index (κ3) is 6.00. The number of allylic oxidation sites excluding steroid dienone is 1. The number of benzene rings is 2. The van der Waals surface area contributed by atoms with Gasteiger partial charge in [0.2, 0.25) is 10.0 Å². The first-order chi connectivity index (χ1) is 21.1. The zero-order valence-corrected chi connectivity index (χ0v) is 27.3. The van der Waals surface area contributed by atoms with Crippen LogP contribution in [0.2, 0.25) is 5.02 Å². The minimum absolute atomic E-state index is 0.0173. The Balaban J connectivity index is 1.43. The molecule has 1 fully saturated rings. The molecule has 4 aliphatic rings. The van der Waals surface area contributed by atoms with Crippen molar-refractivity contribution in [1.29, 1.82) is 0 Å². The monoisotopic (exact) mass is 642 g/mol. The molecular formula is C34H43ClN2O6S. The van der Waals surface area contributed by atoms with Crippen molar-refractivity contribution in [1.82, 2.24) is 4.72 Å². The molecule has 1 amide bonds. The second kappa shape index (κ2) is 12.7. The highest BCUT2D eigenvalue weighted by atomic mass is 35.5. The molecule has 2 aromatic rings. The zero-order valence-electron chi connectivity index (χ0n) is 25.8. The Morgan fingerprint density at radius 3 is 2.75 bits per heavy atom. The average molecular weight is 643 g/mol. The summed E-state index contributed by atoms with van der Waals surface area (Å²) in [5.41, 5.74) is 3.40. The number of aryl methyl sites for hydroxylation is 1. The highest BCUT2D eigenvalue weighted by molar-refractivity contribution is 7.90. The van der Waals surface area contributed by atoms with Crippen molar-refractivity contribution < 1.29 is 27.4 Å². The Kier molecular flexibility index (Phi) is 9.03. The summed E-state index contributed by atoms with van der Waals surface area (Å²) in [4.78, 5) is 15.9. The van der Waals surface area contributed by atoms with Gasteiger partial charge in [-0.15, -0.1) is 0 Å². The lowest BCUT2D eigenvalue weighted by Crippen LogP contribution is -2.49. The molecular weight excluding hydrogens is 600 g/mol. The Hall–Kier alpha value is -2.59. The van der Waals surface area contributed by atoms with Crippen LogP contribution in [-0.2, 0) is 31.3 Å². The Morgan fingerprint density at radius 2 is 2.00 bits per heavy atom. The molecule has 2 aliphatic carbocycles. The number of halogens is 1.